The summed E-state index contributed by atoms with van der Waals surface area (Å²) in [6.07, 6.45) is 1.22. The number of halogens is 1. The molecule has 1 aromatic heterocycles. The average molecular weight is 215 g/mol. The first-order chi connectivity index (χ1) is 6.34. The van der Waals surface area contributed by atoms with Gasteiger partial charge >= 0.3 is 0 Å². The Kier molecular flexibility index (Phi) is 2.96. The zero-order chi connectivity index (χ0) is 9.10. The van der Waals surface area contributed by atoms with Crippen molar-refractivity contribution in [2.24, 2.45) is 0 Å². The van der Waals surface area contributed by atoms with Gasteiger partial charge in [0.15, 0.2) is 0 Å². The molecule has 1 saturated heterocycles. The van der Waals surface area contributed by atoms with E-state index in [0.29, 0.717) is 11.2 Å². The average Bonchev–Trinajstić information content (AvgIpc) is 2.57. The second-order valence-corrected chi connectivity index (χ2v) is 4.59. The van der Waals surface area contributed by atoms with Crippen LogP contribution in [0.4, 0.5) is 5.82 Å². The van der Waals surface area contributed by atoms with Crippen LogP contribution in [0.5, 0.6) is 0 Å². The van der Waals surface area contributed by atoms with Crippen LogP contribution in [0.2, 0.25) is 5.15 Å². The summed E-state index contributed by atoms with van der Waals surface area (Å²) in [5.41, 5.74) is 0. The lowest BCUT2D eigenvalue weighted by atomic mass is 10.2. The molecule has 1 aliphatic heterocycles. The minimum absolute atomic E-state index is 0.552. The zero-order valence-corrected chi connectivity index (χ0v) is 8.74. The molecule has 0 spiro atoms. The minimum Gasteiger partial charge on any atom is -0.366 e. The van der Waals surface area contributed by atoms with Crippen LogP contribution in [0.25, 0.3) is 0 Å². The Labute approximate surface area is 87.1 Å². The molecule has 1 atom stereocenters. The highest BCUT2D eigenvalue weighted by molar-refractivity contribution is 7.99. The summed E-state index contributed by atoms with van der Waals surface area (Å²) in [6, 6.07) is 6.22. The summed E-state index contributed by atoms with van der Waals surface area (Å²) in [7, 11) is 0. The molecule has 0 saturated carbocycles. The molecule has 1 fully saturated rings. The largest absolute Gasteiger partial charge is 0.366 e. The van der Waals surface area contributed by atoms with Crippen molar-refractivity contribution in [3.8, 4) is 0 Å². The van der Waals surface area contributed by atoms with Crippen molar-refractivity contribution in [2.45, 2.75) is 12.5 Å². The van der Waals surface area contributed by atoms with E-state index in [1.165, 1.54) is 17.9 Å². The maximum absolute atomic E-state index is 5.77. The highest BCUT2D eigenvalue weighted by Gasteiger charge is 2.15. The van der Waals surface area contributed by atoms with E-state index < -0.39 is 0 Å². The first kappa shape index (κ1) is 9.16. The molecule has 0 amide bonds. The number of hydrogen-bond acceptors (Lipinski definition) is 3. The Bertz CT molecular complexity index is 287. The first-order valence-corrected chi connectivity index (χ1v) is 5.85. The van der Waals surface area contributed by atoms with Gasteiger partial charge in [-0.25, -0.2) is 4.98 Å². The molecule has 2 rings (SSSR count). The fourth-order valence-electron chi connectivity index (χ4n) is 1.35. The SMILES string of the molecule is Clc1cccc(NC2CCSC2)n1. The summed E-state index contributed by atoms with van der Waals surface area (Å²) in [5, 5.41) is 3.92. The van der Waals surface area contributed by atoms with Crippen molar-refractivity contribution in [1.82, 2.24) is 4.98 Å². The fourth-order valence-corrected chi connectivity index (χ4v) is 2.66. The number of nitrogens with zero attached hydrogens (tertiary/aromatic N) is 1. The van der Waals surface area contributed by atoms with Crippen molar-refractivity contribution in [3.05, 3.63) is 23.4 Å². The van der Waals surface area contributed by atoms with Crippen LogP contribution >= 0.6 is 23.4 Å². The molecule has 2 heterocycles. The molecular formula is C9H11ClN2S. The van der Waals surface area contributed by atoms with Crippen LogP contribution in [0, 0.1) is 0 Å². The summed E-state index contributed by atoms with van der Waals surface area (Å²) in [6.45, 7) is 0. The molecule has 4 heteroatoms. The molecule has 1 unspecified atom stereocenters. The van der Waals surface area contributed by atoms with Gasteiger partial charge in [-0.1, -0.05) is 17.7 Å². The maximum atomic E-state index is 5.77. The van der Waals surface area contributed by atoms with Crippen LogP contribution < -0.4 is 5.32 Å². The predicted octanol–water partition coefficient (Wildman–Crippen LogP) is 2.65. The quantitative estimate of drug-likeness (QED) is 0.767. The van der Waals surface area contributed by atoms with Crippen LogP contribution in [0.3, 0.4) is 0 Å². The van der Waals surface area contributed by atoms with Gasteiger partial charge in [0.1, 0.15) is 11.0 Å². The van der Waals surface area contributed by atoms with Gasteiger partial charge in [-0.05, 0) is 24.3 Å². The summed E-state index contributed by atoms with van der Waals surface area (Å²) in [4.78, 5) is 4.18. The number of anilines is 1. The van der Waals surface area contributed by atoms with Crippen LogP contribution in [-0.2, 0) is 0 Å². The fraction of sp³-hybridized carbons (Fsp3) is 0.444. The third-order valence-corrected chi connectivity index (χ3v) is 3.37. The van der Waals surface area contributed by atoms with Gasteiger partial charge in [-0.15, -0.1) is 0 Å². The number of hydrogen-bond donors (Lipinski definition) is 1. The molecule has 0 radical (unpaired) electrons. The highest BCUT2D eigenvalue weighted by Crippen LogP contribution is 2.20. The smallest absolute Gasteiger partial charge is 0.131 e. The molecule has 1 aromatic rings. The number of rotatable bonds is 2. The van der Waals surface area contributed by atoms with Gasteiger partial charge in [0.25, 0.3) is 0 Å². The highest BCUT2D eigenvalue weighted by atomic mass is 35.5. The van der Waals surface area contributed by atoms with Crippen molar-refractivity contribution < 1.29 is 0 Å². The molecular weight excluding hydrogens is 204 g/mol. The van der Waals surface area contributed by atoms with Crippen molar-refractivity contribution in [1.29, 1.82) is 0 Å². The second kappa shape index (κ2) is 4.20. The van der Waals surface area contributed by atoms with Gasteiger partial charge in [0.05, 0.1) is 0 Å². The molecule has 70 valence electrons. The Morgan fingerprint density at radius 3 is 3.15 bits per heavy atom. The van der Waals surface area contributed by atoms with Crippen molar-refractivity contribution in [2.75, 3.05) is 16.8 Å². The van der Waals surface area contributed by atoms with E-state index in [0.717, 1.165) is 5.82 Å². The third kappa shape index (κ3) is 2.51. The number of nitrogens with one attached hydrogen (secondary N) is 1. The van der Waals surface area contributed by atoms with Gasteiger partial charge < -0.3 is 5.32 Å². The molecule has 2 nitrogen and oxygen atoms in total. The van der Waals surface area contributed by atoms with Gasteiger partial charge in [-0.3, -0.25) is 0 Å². The molecule has 1 aliphatic rings. The summed E-state index contributed by atoms with van der Waals surface area (Å²) >= 11 is 7.76. The van der Waals surface area contributed by atoms with E-state index in [2.05, 4.69) is 10.3 Å². The van der Waals surface area contributed by atoms with Crippen LogP contribution in [-0.4, -0.2) is 22.5 Å². The lowest BCUT2D eigenvalue weighted by molar-refractivity contribution is 0.807. The van der Waals surface area contributed by atoms with Crippen LogP contribution in [0.15, 0.2) is 18.2 Å². The molecule has 1 N–H and O–H groups in total. The monoisotopic (exact) mass is 214 g/mol. The Balaban J connectivity index is 2.00. The van der Waals surface area contributed by atoms with E-state index in [-0.39, 0.29) is 0 Å². The maximum Gasteiger partial charge on any atom is 0.131 e. The van der Waals surface area contributed by atoms with E-state index in [4.69, 9.17) is 11.6 Å². The van der Waals surface area contributed by atoms with Crippen molar-refractivity contribution >= 4 is 29.2 Å². The van der Waals surface area contributed by atoms with Gasteiger partial charge in [0.2, 0.25) is 0 Å². The minimum atomic E-state index is 0.552. The summed E-state index contributed by atoms with van der Waals surface area (Å²) in [5.74, 6) is 3.31. The van der Waals surface area contributed by atoms with E-state index >= 15 is 0 Å². The topological polar surface area (TPSA) is 24.9 Å². The Morgan fingerprint density at radius 1 is 1.54 bits per heavy atom. The molecule has 0 aromatic carbocycles. The van der Waals surface area contributed by atoms with E-state index in [1.54, 1.807) is 6.07 Å². The predicted molar refractivity (Wildman–Crippen MR) is 58.6 cm³/mol. The third-order valence-electron chi connectivity index (χ3n) is 2.00. The first-order valence-electron chi connectivity index (χ1n) is 4.31. The second-order valence-electron chi connectivity index (χ2n) is 3.05. The number of aromatic nitrogens is 1. The van der Waals surface area contributed by atoms with Crippen LogP contribution in [0.1, 0.15) is 6.42 Å². The van der Waals surface area contributed by atoms with Crippen molar-refractivity contribution in [3.63, 3.8) is 0 Å². The lowest BCUT2D eigenvalue weighted by Gasteiger charge is -2.11. The van der Waals surface area contributed by atoms with Gasteiger partial charge in [0, 0.05) is 11.8 Å². The Morgan fingerprint density at radius 2 is 2.46 bits per heavy atom. The zero-order valence-electron chi connectivity index (χ0n) is 7.16. The number of pyridine rings is 1. The van der Waals surface area contributed by atoms with Gasteiger partial charge in [-0.2, -0.15) is 11.8 Å². The normalized spacial score (nSPS) is 21.8. The Hall–Kier alpha value is -0.410. The summed E-state index contributed by atoms with van der Waals surface area (Å²) < 4.78 is 0. The van der Waals surface area contributed by atoms with E-state index in [1.807, 2.05) is 23.9 Å². The molecule has 0 aliphatic carbocycles. The number of thioether (sulfide) groups is 1. The molecule has 0 bridgehead atoms. The standard InChI is InChI=1S/C9H11ClN2S/c10-8-2-1-3-9(12-8)11-7-4-5-13-6-7/h1-3,7H,4-6H2,(H,11,12). The lowest BCUT2D eigenvalue weighted by Crippen LogP contribution is -2.18. The van der Waals surface area contributed by atoms with E-state index in [9.17, 15) is 0 Å². The molecule has 13 heavy (non-hydrogen) atoms.